The lowest BCUT2D eigenvalue weighted by molar-refractivity contribution is 0.197. The Morgan fingerprint density at radius 1 is 1.25 bits per heavy atom. The van der Waals surface area contributed by atoms with Crippen LogP contribution in [-0.4, -0.2) is 16.6 Å². The Kier molecular flexibility index (Phi) is 5.15. The van der Waals surface area contributed by atoms with Crippen LogP contribution < -0.4 is 0 Å². The molecule has 16 heavy (non-hydrogen) atoms. The lowest BCUT2D eigenvalue weighted by Crippen LogP contribution is -2.06. The van der Waals surface area contributed by atoms with Gasteiger partial charge in [0.05, 0.1) is 6.10 Å². The van der Waals surface area contributed by atoms with E-state index in [0.29, 0.717) is 0 Å². The molecule has 0 radical (unpaired) electrons. The van der Waals surface area contributed by atoms with Crippen molar-refractivity contribution in [1.29, 1.82) is 0 Å². The number of halogens is 3. The summed E-state index contributed by atoms with van der Waals surface area (Å²) in [6, 6.07) is 1.90. The standard InChI is InChI=1S/C11H13F3OS/c1-2-5-16-6-9(15)7-3-4-8(12)11(14)10(7)13/h3-4,9,15H,2,5-6H2,1H3. The first-order valence-corrected chi connectivity index (χ1v) is 6.12. The molecular formula is C11H13F3OS. The fourth-order valence-electron chi connectivity index (χ4n) is 1.23. The maximum atomic E-state index is 13.2. The highest BCUT2D eigenvalue weighted by Crippen LogP contribution is 2.24. The minimum Gasteiger partial charge on any atom is -0.387 e. The molecule has 1 aromatic rings. The summed E-state index contributed by atoms with van der Waals surface area (Å²) >= 11 is 1.44. The molecule has 1 nitrogen and oxygen atoms in total. The van der Waals surface area contributed by atoms with E-state index in [2.05, 4.69) is 0 Å². The molecule has 0 bridgehead atoms. The van der Waals surface area contributed by atoms with Gasteiger partial charge in [-0.1, -0.05) is 13.0 Å². The quantitative estimate of drug-likeness (QED) is 0.639. The molecule has 0 aliphatic carbocycles. The Hall–Kier alpha value is -0.680. The van der Waals surface area contributed by atoms with E-state index in [0.717, 1.165) is 24.3 Å². The number of hydrogen-bond acceptors (Lipinski definition) is 2. The number of thioether (sulfide) groups is 1. The molecule has 5 heteroatoms. The Bertz CT molecular complexity index is 357. The smallest absolute Gasteiger partial charge is 0.194 e. The van der Waals surface area contributed by atoms with Gasteiger partial charge >= 0.3 is 0 Å². The van der Waals surface area contributed by atoms with Crippen molar-refractivity contribution in [2.24, 2.45) is 0 Å². The van der Waals surface area contributed by atoms with E-state index in [1.54, 1.807) is 0 Å². The van der Waals surface area contributed by atoms with Crippen LogP contribution in [0.3, 0.4) is 0 Å². The summed E-state index contributed by atoms with van der Waals surface area (Å²) in [6.07, 6.45) is -0.163. The molecule has 90 valence electrons. The highest BCUT2D eigenvalue weighted by molar-refractivity contribution is 7.99. The lowest BCUT2D eigenvalue weighted by Gasteiger charge is -2.11. The van der Waals surface area contributed by atoms with E-state index in [1.165, 1.54) is 11.8 Å². The molecule has 1 aromatic carbocycles. The Morgan fingerprint density at radius 3 is 2.56 bits per heavy atom. The first-order valence-electron chi connectivity index (χ1n) is 4.97. The fraction of sp³-hybridized carbons (Fsp3) is 0.455. The number of rotatable bonds is 5. The van der Waals surface area contributed by atoms with E-state index in [4.69, 9.17) is 0 Å². The summed E-state index contributed by atoms with van der Waals surface area (Å²) in [7, 11) is 0. The van der Waals surface area contributed by atoms with E-state index in [1.807, 2.05) is 6.92 Å². The number of hydrogen-bond donors (Lipinski definition) is 1. The van der Waals surface area contributed by atoms with Gasteiger partial charge < -0.3 is 5.11 Å². The van der Waals surface area contributed by atoms with Gasteiger partial charge in [0.25, 0.3) is 0 Å². The predicted molar refractivity (Wildman–Crippen MR) is 58.9 cm³/mol. The molecule has 0 fully saturated rings. The first kappa shape index (κ1) is 13.4. The molecule has 0 saturated heterocycles. The van der Waals surface area contributed by atoms with Crippen LogP contribution in [0.4, 0.5) is 13.2 Å². The van der Waals surface area contributed by atoms with Gasteiger partial charge in [0.15, 0.2) is 17.5 Å². The van der Waals surface area contributed by atoms with Crippen molar-refractivity contribution in [2.75, 3.05) is 11.5 Å². The van der Waals surface area contributed by atoms with Crippen LogP contribution in [0, 0.1) is 17.5 Å². The molecule has 0 aliphatic heterocycles. The van der Waals surface area contributed by atoms with Gasteiger partial charge in [0.1, 0.15) is 0 Å². The molecule has 1 atom stereocenters. The van der Waals surface area contributed by atoms with Crippen molar-refractivity contribution in [3.8, 4) is 0 Å². The van der Waals surface area contributed by atoms with Crippen LogP contribution in [0.1, 0.15) is 25.0 Å². The second-order valence-electron chi connectivity index (χ2n) is 3.36. The van der Waals surface area contributed by atoms with E-state index in [9.17, 15) is 18.3 Å². The van der Waals surface area contributed by atoms with Crippen LogP contribution >= 0.6 is 11.8 Å². The number of aliphatic hydroxyl groups excluding tert-OH is 1. The van der Waals surface area contributed by atoms with Crippen LogP contribution in [0.2, 0.25) is 0 Å². The molecule has 1 N–H and O–H groups in total. The second kappa shape index (κ2) is 6.15. The maximum Gasteiger partial charge on any atom is 0.194 e. The maximum absolute atomic E-state index is 13.2. The first-order chi connectivity index (χ1) is 7.57. The van der Waals surface area contributed by atoms with Gasteiger partial charge in [-0.05, 0) is 18.2 Å². The molecule has 0 amide bonds. The SMILES string of the molecule is CCCSCC(O)c1ccc(F)c(F)c1F. The zero-order chi connectivity index (χ0) is 12.1. The molecule has 0 aliphatic rings. The molecule has 1 rings (SSSR count). The number of benzene rings is 1. The highest BCUT2D eigenvalue weighted by Gasteiger charge is 2.18. The molecule has 0 spiro atoms. The topological polar surface area (TPSA) is 20.2 Å². The Morgan fingerprint density at radius 2 is 1.94 bits per heavy atom. The lowest BCUT2D eigenvalue weighted by atomic mass is 10.1. The van der Waals surface area contributed by atoms with E-state index < -0.39 is 23.6 Å². The summed E-state index contributed by atoms with van der Waals surface area (Å²) in [5.41, 5.74) is -0.192. The molecular weight excluding hydrogens is 237 g/mol. The average molecular weight is 250 g/mol. The van der Waals surface area contributed by atoms with Gasteiger partial charge in [-0.2, -0.15) is 11.8 Å². The predicted octanol–water partition coefficient (Wildman–Crippen LogP) is 3.28. The third-order valence-electron chi connectivity index (χ3n) is 2.05. The van der Waals surface area contributed by atoms with Crippen LogP contribution in [0.25, 0.3) is 0 Å². The average Bonchev–Trinajstić information content (AvgIpc) is 2.26. The van der Waals surface area contributed by atoms with Crippen LogP contribution in [0.5, 0.6) is 0 Å². The van der Waals surface area contributed by atoms with Crippen molar-refractivity contribution >= 4 is 11.8 Å². The summed E-state index contributed by atoms with van der Waals surface area (Å²) in [5.74, 6) is -2.96. The highest BCUT2D eigenvalue weighted by atomic mass is 32.2. The summed E-state index contributed by atoms with van der Waals surface area (Å²) in [6.45, 7) is 1.98. The molecule has 0 aromatic heterocycles. The largest absolute Gasteiger partial charge is 0.387 e. The van der Waals surface area contributed by atoms with Crippen LogP contribution in [-0.2, 0) is 0 Å². The van der Waals surface area contributed by atoms with Gasteiger partial charge in [0.2, 0.25) is 0 Å². The normalized spacial score (nSPS) is 12.8. The van der Waals surface area contributed by atoms with Gasteiger partial charge in [0, 0.05) is 11.3 Å². The minimum atomic E-state index is -1.53. The molecule has 0 heterocycles. The van der Waals surface area contributed by atoms with Gasteiger partial charge in [-0.15, -0.1) is 0 Å². The third kappa shape index (κ3) is 3.15. The monoisotopic (exact) mass is 250 g/mol. The van der Waals surface area contributed by atoms with Crippen molar-refractivity contribution in [3.63, 3.8) is 0 Å². The fourth-order valence-corrected chi connectivity index (χ4v) is 2.09. The Labute approximate surface area is 96.7 Å². The zero-order valence-corrected chi connectivity index (χ0v) is 9.66. The van der Waals surface area contributed by atoms with Crippen molar-refractivity contribution in [3.05, 3.63) is 35.1 Å². The zero-order valence-electron chi connectivity index (χ0n) is 8.84. The van der Waals surface area contributed by atoms with E-state index in [-0.39, 0.29) is 11.3 Å². The van der Waals surface area contributed by atoms with Gasteiger partial charge in [-0.3, -0.25) is 0 Å². The van der Waals surface area contributed by atoms with Crippen molar-refractivity contribution in [1.82, 2.24) is 0 Å². The summed E-state index contributed by atoms with van der Waals surface area (Å²) in [5, 5.41) is 9.59. The molecule has 0 saturated carbocycles. The summed E-state index contributed by atoms with van der Waals surface area (Å²) < 4.78 is 38.7. The number of aliphatic hydroxyl groups is 1. The van der Waals surface area contributed by atoms with E-state index >= 15 is 0 Å². The summed E-state index contributed by atoms with van der Waals surface area (Å²) in [4.78, 5) is 0. The van der Waals surface area contributed by atoms with Gasteiger partial charge in [-0.25, -0.2) is 13.2 Å². The minimum absolute atomic E-state index is 0.192. The van der Waals surface area contributed by atoms with Crippen LogP contribution in [0.15, 0.2) is 12.1 Å². The van der Waals surface area contributed by atoms with Crippen molar-refractivity contribution in [2.45, 2.75) is 19.4 Å². The Balaban J connectivity index is 2.76. The third-order valence-corrected chi connectivity index (χ3v) is 3.30. The van der Waals surface area contributed by atoms with Crippen molar-refractivity contribution < 1.29 is 18.3 Å². The molecule has 1 unspecified atom stereocenters. The second-order valence-corrected chi connectivity index (χ2v) is 4.51.